The number of unbranched alkanes of at least 4 members (excludes halogenated alkanes) is 5. The van der Waals surface area contributed by atoms with E-state index in [1.54, 1.807) is 0 Å². The molecule has 102 valence electrons. The lowest BCUT2D eigenvalue weighted by molar-refractivity contribution is -0.0215. The highest BCUT2D eigenvalue weighted by atomic mass is 16.3. The van der Waals surface area contributed by atoms with E-state index in [1.807, 2.05) is 0 Å². The Kier molecular flexibility index (Phi) is 7.14. The second kappa shape index (κ2) is 8.10. The molecule has 0 aromatic carbocycles. The predicted molar refractivity (Wildman–Crippen MR) is 72.0 cm³/mol. The van der Waals surface area contributed by atoms with E-state index in [1.165, 1.54) is 38.5 Å². The molecule has 1 aliphatic carbocycles. The van der Waals surface area contributed by atoms with Crippen molar-refractivity contribution in [3.63, 3.8) is 0 Å². The third-order valence-corrected chi connectivity index (χ3v) is 4.37. The van der Waals surface area contributed by atoms with Crippen LogP contribution >= 0.6 is 0 Å². The molecule has 2 atom stereocenters. The van der Waals surface area contributed by atoms with E-state index in [0.717, 1.165) is 25.7 Å². The van der Waals surface area contributed by atoms with Crippen molar-refractivity contribution < 1.29 is 10.2 Å². The van der Waals surface area contributed by atoms with Crippen molar-refractivity contribution in [2.45, 2.75) is 83.2 Å². The first-order valence-corrected chi connectivity index (χ1v) is 7.56. The van der Waals surface area contributed by atoms with E-state index in [9.17, 15) is 5.11 Å². The summed E-state index contributed by atoms with van der Waals surface area (Å²) in [6, 6.07) is 0. The van der Waals surface area contributed by atoms with E-state index in [0.29, 0.717) is 12.3 Å². The molecule has 0 radical (unpaired) electrons. The molecule has 0 aromatic heterocycles. The van der Waals surface area contributed by atoms with Gasteiger partial charge in [-0.25, -0.2) is 0 Å². The summed E-state index contributed by atoms with van der Waals surface area (Å²) in [5.74, 6) is 0.445. The Morgan fingerprint density at radius 1 is 1.12 bits per heavy atom. The summed E-state index contributed by atoms with van der Waals surface area (Å²) in [5, 5.41) is 19.5. The monoisotopic (exact) mass is 242 g/mol. The molecule has 0 aliphatic heterocycles. The Bertz CT molecular complexity index is 193. The minimum atomic E-state index is -0.543. The van der Waals surface area contributed by atoms with Crippen LogP contribution in [0.1, 0.15) is 77.6 Å². The molecule has 0 bridgehead atoms. The molecule has 1 saturated carbocycles. The van der Waals surface area contributed by atoms with Crippen molar-refractivity contribution in [1.29, 1.82) is 0 Å². The normalized spacial score (nSPS) is 28.8. The Labute approximate surface area is 106 Å². The summed E-state index contributed by atoms with van der Waals surface area (Å²) in [6.45, 7) is 2.37. The smallest absolute Gasteiger partial charge is 0.0697 e. The average Bonchev–Trinajstić information content (AvgIpc) is 2.65. The Balaban J connectivity index is 2.13. The van der Waals surface area contributed by atoms with Gasteiger partial charge in [-0.05, 0) is 31.6 Å². The van der Waals surface area contributed by atoms with Crippen molar-refractivity contribution in [3.8, 4) is 0 Å². The number of aliphatic hydroxyl groups excluding tert-OH is 1. The van der Waals surface area contributed by atoms with Crippen LogP contribution < -0.4 is 0 Å². The number of aliphatic hydroxyl groups is 2. The van der Waals surface area contributed by atoms with Crippen LogP contribution in [0.3, 0.4) is 0 Å². The molecule has 2 N–H and O–H groups in total. The maximum absolute atomic E-state index is 10.4. The van der Waals surface area contributed by atoms with Gasteiger partial charge in [0.25, 0.3) is 0 Å². The number of rotatable bonds is 9. The summed E-state index contributed by atoms with van der Waals surface area (Å²) in [5.41, 5.74) is -0.543. The fraction of sp³-hybridized carbons (Fsp3) is 1.00. The minimum absolute atomic E-state index is 0.128. The largest absolute Gasteiger partial charge is 0.396 e. The van der Waals surface area contributed by atoms with Gasteiger partial charge in [-0.3, -0.25) is 0 Å². The molecule has 0 saturated heterocycles. The van der Waals surface area contributed by atoms with Crippen LogP contribution in [0.15, 0.2) is 0 Å². The molecular weight excluding hydrogens is 212 g/mol. The van der Waals surface area contributed by atoms with Crippen molar-refractivity contribution in [2.24, 2.45) is 5.92 Å². The van der Waals surface area contributed by atoms with Gasteiger partial charge >= 0.3 is 0 Å². The van der Waals surface area contributed by atoms with Crippen LogP contribution in [-0.4, -0.2) is 22.4 Å². The summed E-state index contributed by atoms with van der Waals surface area (Å²) in [7, 11) is 0. The molecule has 2 unspecified atom stereocenters. The van der Waals surface area contributed by atoms with E-state index < -0.39 is 5.60 Å². The van der Waals surface area contributed by atoms with E-state index in [-0.39, 0.29) is 6.61 Å². The zero-order valence-electron chi connectivity index (χ0n) is 11.5. The molecule has 2 nitrogen and oxygen atoms in total. The topological polar surface area (TPSA) is 40.5 Å². The highest BCUT2D eigenvalue weighted by molar-refractivity contribution is 4.91. The molecule has 0 amide bonds. The van der Waals surface area contributed by atoms with Crippen molar-refractivity contribution in [2.75, 3.05) is 6.61 Å². The molecule has 0 spiro atoms. The Morgan fingerprint density at radius 2 is 1.82 bits per heavy atom. The highest BCUT2D eigenvalue weighted by Gasteiger charge is 2.39. The van der Waals surface area contributed by atoms with Gasteiger partial charge in [-0.1, -0.05) is 51.9 Å². The second-order valence-corrected chi connectivity index (χ2v) is 5.72. The van der Waals surface area contributed by atoms with Gasteiger partial charge < -0.3 is 10.2 Å². The fourth-order valence-electron chi connectivity index (χ4n) is 3.23. The van der Waals surface area contributed by atoms with Gasteiger partial charge in [-0.2, -0.15) is 0 Å². The van der Waals surface area contributed by atoms with E-state index in [4.69, 9.17) is 5.11 Å². The average molecular weight is 242 g/mol. The van der Waals surface area contributed by atoms with Crippen LogP contribution in [0.5, 0.6) is 0 Å². The van der Waals surface area contributed by atoms with Crippen LogP contribution in [0.2, 0.25) is 0 Å². The van der Waals surface area contributed by atoms with Gasteiger partial charge in [0, 0.05) is 6.61 Å². The van der Waals surface area contributed by atoms with Crippen LogP contribution in [0.4, 0.5) is 0 Å². The van der Waals surface area contributed by atoms with Crippen LogP contribution in [0, 0.1) is 5.92 Å². The SMILES string of the molecule is CCCCCCCCC1CCCC1(O)CCO. The molecule has 2 heteroatoms. The van der Waals surface area contributed by atoms with Crippen molar-refractivity contribution >= 4 is 0 Å². The molecule has 0 aromatic rings. The number of hydrogen-bond acceptors (Lipinski definition) is 2. The lowest BCUT2D eigenvalue weighted by Crippen LogP contribution is -2.34. The standard InChI is InChI=1S/C15H30O2/c1-2-3-4-5-6-7-9-14-10-8-11-15(14,17)12-13-16/h14,16-17H,2-13H2,1H3. The maximum Gasteiger partial charge on any atom is 0.0697 e. The van der Waals surface area contributed by atoms with Gasteiger partial charge in [-0.15, -0.1) is 0 Å². The Morgan fingerprint density at radius 3 is 2.53 bits per heavy atom. The predicted octanol–water partition coefficient (Wildman–Crippen LogP) is 3.65. The third kappa shape index (κ3) is 4.97. The van der Waals surface area contributed by atoms with E-state index >= 15 is 0 Å². The zero-order chi connectivity index (χ0) is 12.6. The molecule has 0 heterocycles. The molecule has 1 aliphatic rings. The summed E-state index contributed by atoms with van der Waals surface area (Å²) < 4.78 is 0. The highest BCUT2D eigenvalue weighted by Crippen LogP contribution is 2.40. The van der Waals surface area contributed by atoms with Crippen LogP contribution in [0.25, 0.3) is 0 Å². The van der Waals surface area contributed by atoms with E-state index in [2.05, 4.69) is 6.92 Å². The van der Waals surface area contributed by atoms with Gasteiger partial charge in [0.2, 0.25) is 0 Å². The van der Waals surface area contributed by atoms with Gasteiger partial charge in [0.05, 0.1) is 5.60 Å². The lowest BCUT2D eigenvalue weighted by atomic mass is 9.84. The molecule has 17 heavy (non-hydrogen) atoms. The summed E-state index contributed by atoms with van der Waals surface area (Å²) >= 11 is 0. The minimum Gasteiger partial charge on any atom is -0.396 e. The maximum atomic E-state index is 10.4. The Hall–Kier alpha value is -0.0800. The summed E-state index contributed by atoms with van der Waals surface area (Å²) in [4.78, 5) is 0. The summed E-state index contributed by atoms with van der Waals surface area (Å²) in [6.07, 6.45) is 12.9. The first-order valence-electron chi connectivity index (χ1n) is 7.56. The molecular formula is C15H30O2. The third-order valence-electron chi connectivity index (χ3n) is 4.37. The fourth-order valence-corrected chi connectivity index (χ4v) is 3.23. The quantitative estimate of drug-likeness (QED) is 0.606. The van der Waals surface area contributed by atoms with Gasteiger partial charge in [0.1, 0.15) is 0 Å². The first-order chi connectivity index (χ1) is 8.23. The van der Waals surface area contributed by atoms with Crippen molar-refractivity contribution in [1.82, 2.24) is 0 Å². The van der Waals surface area contributed by atoms with Crippen molar-refractivity contribution in [3.05, 3.63) is 0 Å². The number of hydrogen-bond donors (Lipinski definition) is 2. The zero-order valence-corrected chi connectivity index (χ0v) is 11.5. The lowest BCUT2D eigenvalue weighted by Gasteiger charge is -2.29. The van der Waals surface area contributed by atoms with Crippen LogP contribution in [-0.2, 0) is 0 Å². The van der Waals surface area contributed by atoms with Gasteiger partial charge in [0.15, 0.2) is 0 Å². The molecule has 1 fully saturated rings. The first kappa shape index (κ1) is 15.0. The second-order valence-electron chi connectivity index (χ2n) is 5.72. The molecule has 1 rings (SSSR count).